The van der Waals surface area contributed by atoms with Crippen LogP contribution in [0.5, 0.6) is 0 Å². The number of benzene rings is 1. The van der Waals surface area contributed by atoms with Crippen molar-refractivity contribution in [3.63, 3.8) is 0 Å². The summed E-state index contributed by atoms with van der Waals surface area (Å²) in [6.45, 7) is 6.31. The summed E-state index contributed by atoms with van der Waals surface area (Å²) in [6, 6.07) is 11.3. The van der Waals surface area contributed by atoms with Crippen LogP contribution in [0.1, 0.15) is 61.7 Å². The van der Waals surface area contributed by atoms with Gasteiger partial charge in [0.1, 0.15) is 11.5 Å². The number of H-pyrrole nitrogens is 1. The number of likely N-dealkylation sites (tertiary alicyclic amines) is 1. The van der Waals surface area contributed by atoms with Crippen LogP contribution in [0.15, 0.2) is 41.1 Å². The quantitative estimate of drug-likeness (QED) is 0.647. The standard InChI is InChI=1S/C22H28N4O/c1-3-6-19-13-20(25-27-19)21-7-5-12-26(21)15-18-14-23-24-22(18)17-10-8-16(4-2)9-11-17/h8-11,13-14,21H,3-7,12,15H2,1-2H3,(H,23,24)/t21-/m0/s1. The lowest BCUT2D eigenvalue weighted by atomic mass is 10.0. The highest BCUT2D eigenvalue weighted by atomic mass is 16.5. The van der Waals surface area contributed by atoms with Crippen molar-refractivity contribution in [2.24, 2.45) is 0 Å². The van der Waals surface area contributed by atoms with Crippen molar-refractivity contribution in [3.8, 4) is 11.3 Å². The number of nitrogens with zero attached hydrogens (tertiary/aromatic N) is 3. The topological polar surface area (TPSA) is 58.0 Å². The normalized spacial score (nSPS) is 17.6. The molecule has 0 radical (unpaired) electrons. The first-order valence-corrected chi connectivity index (χ1v) is 10.1. The average molecular weight is 364 g/mol. The minimum Gasteiger partial charge on any atom is -0.361 e. The second kappa shape index (κ2) is 8.09. The summed E-state index contributed by atoms with van der Waals surface area (Å²) in [4.78, 5) is 2.50. The van der Waals surface area contributed by atoms with Gasteiger partial charge in [-0.2, -0.15) is 5.10 Å². The molecule has 1 saturated heterocycles. The van der Waals surface area contributed by atoms with Gasteiger partial charge in [0.2, 0.25) is 0 Å². The lowest BCUT2D eigenvalue weighted by Crippen LogP contribution is -2.23. The summed E-state index contributed by atoms with van der Waals surface area (Å²) in [7, 11) is 0. The fraction of sp³-hybridized carbons (Fsp3) is 0.455. The van der Waals surface area contributed by atoms with Gasteiger partial charge in [-0.3, -0.25) is 10.00 Å². The Labute approximate surface area is 160 Å². The maximum atomic E-state index is 5.52. The van der Waals surface area contributed by atoms with Gasteiger partial charge in [-0.05, 0) is 43.4 Å². The van der Waals surface area contributed by atoms with Crippen LogP contribution in [0, 0.1) is 0 Å². The van der Waals surface area contributed by atoms with Crippen molar-refractivity contribution in [1.29, 1.82) is 0 Å². The Bertz CT molecular complexity index is 865. The number of aryl methyl sites for hydroxylation is 2. The van der Waals surface area contributed by atoms with Crippen molar-refractivity contribution >= 4 is 0 Å². The van der Waals surface area contributed by atoms with Crippen LogP contribution in [0.25, 0.3) is 11.3 Å². The largest absolute Gasteiger partial charge is 0.361 e. The van der Waals surface area contributed by atoms with Crippen LogP contribution >= 0.6 is 0 Å². The van der Waals surface area contributed by atoms with Gasteiger partial charge in [0.25, 0.3) is 0 Å². The first-order valence-electron chi connectivity index (χ1n) is 10.1. The van der Waals surface area contributed by atoms with E-state index in [1.54, 1.807) is 0 Å². The molecular formula is C22H28N4O. The third-order valence-electron chi connectivity index (χ3n) is 5.52. The zero-order valence-corrected chi connectivity index (χ0v) is 16.2. The van der Waals surface area contributed by atoms with E-state index in [0.29, 0.717) is 6.04 Å². The van der Waals surface area contributed by atoms with E-state index in [-0.39, 0.29) is 0 Å². The number of aromatic amines is 1. The van der Waals surface area contributed by atoms with E-state index < -0.39 is 0 Å². The van der Waals surface area contributed by atoms with E-state index in [4.69, 9.17) is 4.52 Å². The lowest BCUT2D eigenvalue weighted by molar-refractivity contribution is 0.236. The summed E-state index contributed by atoms with van der Waals surface area (Å²) >= 11 is 0. The van der Waals surface area contributed by atoms with Gasteiger partial charge in [0, 0.05) is 24.6 Å². The van der Waals surface area contributed by atoms with Crippen molar-refractivity contribution in [2.45, 2.75) is 58.5 Å². The molecule has 0 bridgehead atoms. The Balaban J connectivity index is 1.52. The molecule has 0 saturated carbocycles. The van der Waals surface area contributed by atoms with E-state index in [1.165, 1.54) is 23.1 Å². The highest BCUT2D eigenvalue weighted by Gasteiger charge is 2.29. The first kappa shape index (κ1) is 18.0. The molecule has 0 amide bonds. The predicted octanol–water partition coefficient (Wildman–Crippen LogP) is 4.92. The molecule has 2 aromatic heterocycles. The van der Waals surface area contributed by atoms with Gasteiger partial charge < -0.3 is 4.52 Å². The molecule has 3 heterocycles. The molecule has 142 valence electrons. The number of nitrogens with one attached hydrogen (secondary N) is 1. The van der Waals surface area contributed by atoms with Crippen LogP contribution in [0.4, 0.5) is 0 Å². The van der Waals surface area contributed by atoms with Crippen LogP contribution in [0.2, 0.25) is 0 Å². The molecule has 5 heteroatoms. The maximum absolute atomic E-state index is 5.52. The van der Waals surface area contributed by atoms with Crippen LogP contribution in [0.3, 0.4) is 0 Å². The van der Waals surface area contributed by atoms with E-state index in [0.717, 1.165) is 55.9 Å². The summed E-state index contributed by atoms with van der Waals surface area (Å²) in [5, 5.41) is 11.9. The number of hydrogen-bond donors (Lipinski definition) is 1. The smallest absolute Gasteiger partial charge is 0.137 e. The molecule has 1 aliphatic rings. The molecule has 1 aliphatic heterocycles. The highest BCUT2D eigenvalue weighted by molar-refractivity contribution is 5.62. The maximum Gasteiger partial charge on any atom is 0.137 e. The van der Waals surface area contributed by atoms with Crippen LogP contribution in [-0.4, -0.2) is 26.8 Å². The molecule has 0 aliphatic carbocycles. The van der Waals surface area contributed by atoms with Gasteiger partial charge in [0.15, 0.2) is 0 Å². The Morgan fingerprint density at radius 3 is 2.85 bits per heavy atom. The zero-order chi connectivity index (χ0) is 18.6. The molecule has 27 heavy (non-hydrogen) atoms. The van der Waals surface area contributed by atoms with Gasteiger partial charge >= 0.3 is 0 Å². The van der Waals surface area contributed by atoms with Crippen LogP contribution in [-0.2, 0) is 19.4 Å². The molecule has 0 spiro atoms. The van der Waals surface area contributed by atoms with E-state index in [9.17, 15) is 0 Å². The van der Waals surface area contributed by atoms with E-state index in [1.807, 2.05) is 6.20 Å². The molecular weight excluding hydrogens is 336 g/mol. The molecule has 1 N–H and O–H groups in total. The molecule has 1 atom stereocenters. The fourth-order valence-corrected chi connectivity index (χ4v) is 4.01. The summed E-state index contributed by atoms with van der Waals surface area (Å²) in [6.07, 6.45) is 7.39. The Morgan fingerprint density at radius 2 is 2.07 bits per heavy atom. The predicted molar refractivity (Wildman–Crippen MR) is 106 cm³/mol. The summed E-state index contributed by atoms with van der Waals surface area (Å²) in [5.74, 6) is 0.999. The van der Waals surface area contributed by atoms with Gasteiger partial charge in [-0.1, -0.05) is 43.3 Å². The minimum absolute atomic E-state index is 0.338. The van der Waals surface area contributed by atoms with Crippen molar-refractivity contribution in [2.75, 3.05) is 6.54 Å². The van der Waals surface area contributed by atoms with Gasteiger partial charge in [0.05, 0.1) is 17.9 Å². The number of rotatable bonds is 7. The van der Waals surface area contributed by atoms with Crippen molar-refractivity contribution < 1.29 is 4.52 Å². The number of hydrogen-bond acceptors (Lipinski definition) is 4. The molecule has 5 nitrogen and oxygen atoms in total. The Kier molecular flexibility index (Phi) is 5.39. The SMILES string of the molecule is CCCc1cc([C@@H]2CCCN2Cc2cn[nH]c2-c2ccc(CC)cc2)no1. The first-order chi connectivity index (χ1) is 13.3. The van der Waals surface area contributed by atoms with Crippen molar-refractivity contribution in [3.05, 3.63) is 59.1 Å². The van der Waals surface area contributed by atoms with Gasteiger partial charge in [-0.15, -0.1) is 0 Å². The third-order valence-corrected chi connectivity index (χ3v) is 5.52. The van der Waals surface area contributed by atoms with E-state index in [2.05, 4.69) is 64.4 Å². The Hall–Kier alpha value is -2.40. The average Bonchev–Trinajstić information content (AvgIpc) is 3.43. The van der Waals surface area contributed by atoms with Crippen LogP contribution < -0.4 is 0 Å². The highest BCUT2D eigenvalue weighted by Crippen LogP contribution is 2.34. The van der Waals surface area contributed by atoms with Crippen molar-refractivity contribution in [1.82, 2.24) is 20.3 Å². The Morgan fingerprint density at radius 1 is 1.22 bits per heavy atom. The van der Waals surface area contributed by atoms with E-state index >= 15 is 0 Å². The zero-order valence-electron chi connectivity index (χ0n) is 16.2. The molecule has 4 rings (SSSR count). The summed E-state index contributed by atoms with van der Waals surface area (Å²) in [5.41, 5.74) is 5.99. The molecule has 1 aromatic carbocycles. The fourth-order valence-electron chi connectivity index (χ4n) is 4.01. The molecule has 3 aromatic rings. The lowest BCUT2D eigenvalue weighted by Gasteiger charge is -2.22. The third kappa shape index (κ3) is 3.83. The number of aromatic nitrogens is 3. The molecule has 1 fully saturated rings. The second-order valence-corrected chi connectivity index (χ2v) is 7.42. The molecule has 0 unspecified atom stereocenters. The van der Waals surface area contributed by atoms with Gasteiger partial charge in [-0.25, -0.2) is 0 Å². The summed E-state index contributed by atoms with van der Waals surface area (Å²) < 4.78 is 5.52. The monoisotopic (exact) mass is 364 g/mol. The second-order valence-electron chi connectivity index (χ2n) is 7.42. The minimum atomic E-state index is 0.338.